The lowest BCUT2D eigenvalue weighted by Gasteiger charge is -2.04. The number of nitrogens with zero attached hydrogens (tertiary/aromatic N) is 1. The van der Waals surface area contributed by atoms with E-state index in [0.717, 1.165) is 0 Å². The summed E-state index contributed by atoms with van der Waals surface area (Å²) in [5.41, 5.74) is 8.51. The second-order valence-electron chi connectivity index (χ2n) is 4.06. The monoisotopic (exact) mass is 274 g/mol. The number of benzene rings is 2. The molecule has 0 saturated heterocycles. The Morgan fingerprint density at radius 3 is 2.79 bits per heavy atom. The number of nitrogens with two attached hydrogens (primary N) is 1. The molecule has 96 valence electrons. The standard InChI is InChI=1S/C14H11ClN2O2/c1-18-8-5-6-9(11(16)7-8)14-17-12-4-2-3-10(15)13(12)19-14/h2-7H,16H2,1H3. The first kappa shape index (κ1) is 11.9. The molecule has 0 aliphatic rings. The van der Waals surface area contributed by atoms with Gasteiger partial charge < -0.3 is 14.9 Å². The Morgan fingerprint density at radius 2 is 2.11 bits per heavy atom. The van der Waals surface area contributed by atoms with Crippen molar-refractivity contribution in [2.24, 2.45) is 0 Å². The second-order valence-corrected chi connectivity index (χ2v) is 4.47. The number of anilines is 1. The Kier molecular flexibility index (Phi) is 2.80. The maximum atomic E-state index is 6.06. The minimum atomic E-state index is 0.447. The molecule has 0 aliphatic carbocycles. The molecule has 2 N–H and O–H groups in total. The van der Waals surface area contributed by atoms with Crippen molar-refractivity contribution in [1.29, 1.82) is 0 Å². The molecule has 0 bridgehead atoms. The Morgan fingerprint density at radius 1 is 1.26 bits per heavy atom. The normalized spacial score (nSPS) is 10.8. The highest BCUT2D eigenvalue weighted by atomic mass is 35.5. The van der Waals surface area contributed by atoms with E-state index < -0.39 is 0 Å². The van der Waals surface area contributed by atoms with Crippen molar-refractivity contribution in [3.8, 4) is 17.2 Å². The molecule has 4 nitrogen and oxygen atoms in total. The zero-order chi connectivity index (χ0) is 13.4. The number of para-hydroxylation sites is 1. The summed E-state index contributed by atoms with van der Waals surface area (Å²) in [6.45, 7) is 0. The van der Waals surface area contributed by atoms with E-state index in [1.54, 1.807) is 19.2 Å². The van der Waals surface area contributed by atoms with E-state index in [0.29, 0.717) is 39.0 Å². The maximum absolute atomic E-state index is 6.06. The van der Waals surface area contributed by atoms with E-state index in [4.69, 9.17) is 26.5 Å². The summed E-state index contributed by atoms with van der Waals surface area (Å²) in [4.78, 5) is 4.39. The van der Waals surface area contributed by atoms with E-state index in [2.05, 4.69) is 4.98 Å². The van der Waals surface area contributed by atoms with Crippen molar-refractivity contribution in [3.05, 3.63) is 41.4 Å². The molecule has 1 aromatic heterocycles. The van der Waals surface area contributed by atoms with Crippen molar-refractivity contribution >= 4 is 28.4 Å². The first-order valence-electron chi connectivity index (χ1n) is 5.68. The highest BCUT2D eigenvalue weighted by Gasteiger charge is 2.13. The number of ether oxygens (including phenoxy) is 1. The first-order chi connectivity index (χ1) is 9.19. The molecule has 2 aromatic carbocycles. The number of nitrogen functional groups attached to an aromatic ring is 1. The molecule has 0 fully saturated rings. The van der Waals surface area contributed by atoms with Crippen LogP contribution in [0.4, 0.5) is 5.69 Å². The van der Waals surface area contributed by atoms with Gasteiger partial charge in [0, 0.05) is 11.8 Å². The molecule has 3 rings (SSSR count). The van der Waals surface area contributed by atoms with Gasteiger partial charge in [-0.2, -0.15) is 0 Å². The van der Waals surface area contributed by atoms with Gasteiger partial charge in [-0.3, -0.25) is 0 Å². The first-order valence-corrected chi connectivity index (χ1v) is 6.06. The van der Waals surface area contributed by atoms with Gasteiger partial charge in [0.1, 0.15) is 11.3 Å². The van der Waals surface area contributed by atoms with Crippen molar-refractivity contribution in [1.82, 2.24) is 4.98 Å². The minimum absolute atomic E-state index is 0.447. The molecular weight excluding hydrogens is 264 g/mol. The SMILES string of the molecule is COc1ccc(-c2nc3cccc(Cl)c3o2)c(N)c1. The number of methoxy groups -OCH3 is 1. The van der Waals surface area contributed by atoms with E-state index in [-0.39, 0.29) is 0 Å². The molecule has 0 aliphatic heterocycles. The highest BCUT2D eigenvalue weighted by Crippen LogP contribution is 2.33. The molecule has 0 spiro atoms. The fourth-order valence-corrected chi connectivity index (χ4v) is 2.10. The predicted molar refractivity (Wildman–Crippen MR) is 75.4 cm³/mol. The van der Waals surface area contributed by atoms with Gasteiger partial charge >= 0.3 is 0 Å². The number of fused-ring (bicyclic) bond motifs is 1. The highest BCUT2D eigenvalue weighted by molar-refractivity contribution is 6.34. The van der Waals surface area contributed by atoms with Crippen molar-refractivity contribution < 1.29 is 9.15 Å². The second kappa shape index (κ2) is 4.48. The van der Waals surface area contributed by atoms with Gasteiger partial charge in [-0.1, -0.05) is 17.7 Å². The molecule has 19 heavy (non-hydrogen) atoms. The third-order valence-electron chi connectivity index (χ3n) is 2.86. The number of oxazole rings is 1. The Hall–Kier alpha value is -2.20. The van der Waals surface area contributed by atoms with Gasteiger partial charge in [-0.15, -0.1) is 0 Å². The van der Waals surface area contributed by atoms with Gasteiger partial charge in [0.25, 0.3) is 0 Å². The minimum Gasteiger partial charge on any atom is -0.497 e. The summed E-state index contributed by atoms with van der Waals surface area (Å²) in [6.07, 6.45) is 0. The Labute approximate surface area is 114 Å². The number of halogens is 1. The van der Waals surface area contributed by atoms with Crippen LogP contribution in [0.2, 0.25) is 5.02 Å². The van der Waals surface area contributed by atoms with Crippen LogP contribution < -0.4 is 10.5 Å². The fraction of sp³-hybridized carbons (Fsp3) is 0.0714. The van der Waals surface area contributed by atoms with Crippen LogP contribution in [-0.2, 0) is 0 Å². The Bertz CT molecular complexity index is 752. The van der Waals surface area contributed by atoms with Gasteiger partial charge in [0.2, 0.25) is 5.89 Å². The molecule has 3 aromatic rings. The smallest absolute Gasteiger partial charge is 0.229 e. The third-order valence-corrected chi connectivity index (χ3v) is 3.15. The Balaban J connectivity index is 2.16. The van der Waals surface area contributed by atoms with E-state index in [9.17, 15) is 0 Å². The van der Waals surface area contributed by atoms with Crippen LogP contribution in [0.25, 0.3) is 22.6 Å². The van der Waals surface area contributed by atoms with Gasteiger partial charge in [-0.25, -0.2) is 4.98 Å². The molecule has 1 heterocycles. The topological polar surface area (TPSA) is 61.3 Å². The average molecular weight is 275 g/mol. The lowest BCUT2D eigenvalue weighted by atomic mass is 10.1. The number of rotatable bonds is 2. The van der Waals surface area contributed by atoms with Crippen LogP contribution in [0.3, 0.4) is 0 Å². The molecule has 0 atom stereocenters. The van der Waals surface area contributed by atoms with Crippen LogP contribution in [0.1, 0.15) is 0 Å². The largest absolute Gasteiger partial charge is 0.497 e. The van der Waals surface area contributed by atoms with E-state index >= 15 is 0 Å². The van der Waals surface area contributed by atoms with E-state index in [1.165, 1.54) is 0 Å². The number of hydrogen-bond donors (Lipinski definition) is 1. The zero-order valence-electron chi connectivity index (χ0n) is 10.2. The lowest BCUT2D eigenvalue weighted by molar-refractivity contribution is 0.415. The summed E-state index contributed by atoms with van der Waals surface area (Å²) in [6, 6.07) is 10.8. The summed E-state index contributed by atoms with van der Waals surface area (Å²) >= 11 is 6.06. The summed E-state index contributed by atoms with van der Waals surface area (Å²) in [7, 11) is 1.59. The molecule has 0 radical (unpaired) electrons. The summed E-state index contributed by atoms with van der Waals surface area (Å²) in [5.74, 6) is 1.14. The maximum Gasteiger partial charge on any atom is 0.229 e. The third kappa shape index (κ3) is 2.00. The van der Waals surface area contributed by atoms with Crippen LogP contribution in [0, 0.1) is 0 Å². The van der Waals surface area contributed by atoms with Crippen LogP contribution in [0.5, 0.6) is 5.75 Å². The number of hydrogen-bond acceptors (Lipinski definition) is 4. The van der Waals surface area contributed by atoms with Crippen LogP contribution in [-0.4, -0.2) is 12.1 Å². The summed E-state index contributed by atoms with van der Waals surface area (Å²) in [5, 5.41) is 0.531. The van der Waals surface area contributed by atoms with Gasteiger partial charge in [0.15, 0.2) is 5.58 Å². The van der Waals surface area contributed by atoms with Gasteiger partial charge in [-0.05, 0) is 24.3 Å². The molecule has 0 amide bonds. The van der Waals surface area contributed by atoms with Crippen molar-refractivity contribution in [3.63, 3.8) is 0 Å². The quantitative estimate of drug-likeness (QED) is 0.723. The van der Waals surface area contributed by atoms with Crippen LogP contribution >= 0.6 is 11.6 Å². The summed E-state index contributed by atoms with van der Waals surface area (Å²) < 4.78 is 10.8. The lowest BCUT2D eigenvalue weighted by Crippen LogP contribution is -1.92. The van der Waals surface area contributed by atoms with Crippen molar-refractivity contribution in [2.45, 2.75) is 0 Å². The number of aromatic nitrogens is 1. The predicted octanol–water partition coefficient (Wildman–Crippen LogP) is 3.74. The van der Waals surface area contributed by atoms with Crippen LogP contribution in [0.15, 0.2) is 40.8 Å². The fourth-order valence-electron chi connectivity index (χ4n) is 1.89. The molecule has 0 unspecified atom stereocenters. The zero-order valence-corrected chi connectivity index (χ0v) is 10.9. The molecular formula is C14H11ClN2O2. The van der Waals surface area contributed by atoms with Crippen molar-refractivity contribution in [2.75, 3.05) is 12.8 Å². The molecule has 5 heteroatoms. The average Bonchev–Trinajstić information content (AvgIpc) is 2.83. The van der Waals surface area contributed by atoms with Gasteiger partial charge in [0.05, 0.1) is 17.7 Å². The molecule has 0 saturated carbocycles. The van der Waals surface area contributed by atoms with E-state index in [1.807, 2.05) is 24.3 Å².